The number of imidazole rings is 4. The van der Waals surface area contributed by atoms with Crippen LogP contribution < -0.4 is 31.9 Å². The number of H-pyrrole nitrogens is 4. The van der Waals surface area contributed by atoms with Crippen molar-refractivity contribution in [1.29, 1.82) is 0 Å². The van der Waals surface area contributed by atoms with Crippen molar-refractivity contribution in [3.63, 3.8) is 0 Å². The number of aliphatic imine (C=N–C) groups is 4. The summed E-state index contributed by atoms with van der Waals surface area (Å²) < 4.78 is 0. The molecule has 10 N–H and O–H groups in total. The number of anilines is 4. The summed E-state index contributed by atoms with van der Waals surface area (Å²) in [7, 11) is 0. The minimum absolute atomic E-state index is 0. The monoisotopic (exact) mass is 1200 g/mol. The number of aromatic nitrogens is 10. The van der Waals surface area contributed by atoms with Gasteiger partial charge in [0, 0.05) is 32.9 Å². The van der Waals surface area contributed by atoms with Crippen molar-refractivity contribution in [3.8, 4) is 0 Å². The fourth-order valence-electron chi connectivity index (χ4n) is 10.6. The van der Waals surface area contributed by atoms with Crippen LogP contribution in [0.2, 0.25) is 0 Å². The van der Waals surface area contributed by atoms with Crippen LogP contribution in [0.25, 0.3) is 54.8 Å². The molecule has 10 heterocycles. The summed E-state index contributed by atoms with van der Waals surface area (Å²) in [6.45, 7) is 0. The molecular weight excluding hydrogens is 1150 g/mol. The van der Waals surface area contributed by atoms with Crippen molar-refractivity contribution < 1.29 is 47.5 Å². The second-order valence-electron chi connectivity index (χ2n) is 19.1. The number of aromatic amines is 4. The molecule has 83 heavy (non-hydrogen) atoms. The van der Waals surface area contributed by atoms with Crippen LogP contribution in [-0.2, 0) is 61.6 Å². The number of guanidine groups is 4. The second kappa shape index (κ2) is 21.4. The first-order valence-electron chi connectivity index (χ1n) is 25.6. The van der Waals surface area contributed by atoms with Crippen LogP contribution in [0.1, 0.15) is 38.5 Å². The SMILES string of the molecule is C.[HH].[HH].[HH].[HH].[HH].[HH].[Zn+2].[Zn+2].c1ccc([C@]23N=C(Nc4nc5ccccc5[nH]4)N[C@@]2(c2ccccn2)N=C(Nc2nc4ccccc4[nH]2)[N-]3)cc1.c1ccc([C@]23N=C(Nc4nc5ccccc5[nH]4)N[C@@]2(c2ccccn2)N=C(Nc2nc4ccccc4[nH]2)[N-]3)cc1. The van der Waals surface area contributed by atoms with E-state index in [0.29, 0.717) is 59.0 Å². The van der Waals surface area contributed by atoms with Crippen molar-refractivity contribution in [3.05, 3.63) is 240 Å². The second-order valence-corrected chi connectivity index (χ2v) is 19.1. The van der Waals surface area contributed by atoms with Gasteiger partial charge < -0.3 is 61.8 Å². The van der Waals surface area contributed by atoms with Gasteiger partial charge in [0.2, 0.25) is 23.8 Å². The Kier molecular flexibility index (Phi) is 13.8. The van der Waals surface area contributed by atoms with Gasteiger partial charge in [-0.15, -0.1) is 0 Å². The molecule has 22 nitrogen and oxygen atoms in total. The van der Waals surface area contributed by atoms with Gasteiger partial charge in [-0.2, -0.15) is 0 Å². The first-order valence-corrected chi connectivity index (χ1v) is 25.6. The topological polar surface area (TPSA) is 290 Å². The van der Waals surface area contributed by atoms with Crippen LogP contribution in [-0.4, -0.2) is 73.7 Å². The number of para-hydroxylation sites is 8. The van der Waals surface area contributed by atoms with Crippen molar-refractivity contribution in [2.24, 2.45) is 20.0 Å². The first kappa shape index (κ1) is 53.5. The van der Waals surface area contributed by atoms with Crippen molar-refractivity contribution in [2.45, 2.75) is 30.1 Å². The van der Waals surface area contributed by atoms with Crippen molar-refractivity contribution in [2.75, 3.05) is 21.3 Å². The molecule has 0 bridgehead atoms. The fourth-order valence-corrected chi connectivity index (χ4v) is 10.6. The molecular formula is C59H60N22Zn2+2. The number of rotatable bonds is 8. The number of pyridine rings is 2. The van der Waals surface area contributed by atoms with E-state index in [1.165, 1.54) is 0 Å². The summed E-state index contributed by atoms with van der Waals surface area (Å²) in [4.78, 5) is 61.7. The van der Waals surface area contributed by atoms with E-state index < -0.39 is 22.7 Å². The Balaban J connectivity index is 0.000000258. The average molecular weight is 1210 g/mol. The van der Waals surface area contributed by atoms with Gasteiger partial charge >= 0.3 is 39.0 Å². The van der Waals surface area contributed by atoms with Crippen LogP contribution >= 0.6 is 0 Å². The molecule has 6 aromatic heterocycles. The van der Waals surface area contributed by atoms with E-state index in [4.69, 9.17) is 40.6 Å². The minimum Gasteiger partial charge on any atom is -0.383 e. The fraction of sp³-hybridized carbons (Fsp3) is 0.0847. The van der Waals surface area contributed by atoms with Gasteiger partial charge in [-0.25, -0.2) is 29.9 Å². The molecule has 24 heteroatoms. The van der Waals surface area contributed by atoms with Crippen LogP contribution in [0, 0.1) is 0 Å². The molecule has 16 rings (SSSR count). The molecule has 0 aliphatic carbocycles. The molecule has 0 spiro atoms. The third-order valence-corrected chi connectivity index (χ3v) is 14.2. The number of nitrogens with zero attached hydrogens (tertiary/aromatic N) is 12. The molecule has 4 atom stereocenters. The molecule has 0 radical (unpaired) electrons. The van der Waals surface area contributed by atoms with E-state index in [1.54, 1.807) is 12.4 Å². The summed E-state index contributed by atoms with van der Waals surface area (Å²) in [5.41, 5.74) is 5.28. The third-order valence-electron chi connectivity index (χ3n) is 14.2. The van der Waals surface area contributed by atoms with Gasteiger partial charge in [-0.1, -0.05) is 129 Å². The zero-order valence-electron chi connectivity index (χ0n) is 43.4. The van der Waals surface area contributed by atoms with Crippen molar-refractivity contribution >= 4 is 91.8 Å². The molecule has 0 amide bonds. The van der Waals surface area contributed by atoms with E-state index in [-0.39, 0.29) is 54.9 Å². The van der Waals surface area contributed by atoms with Crippen LogP contribution in [0.3, 0.4) is 0 Å². The minimum atomic E-state index is -1.20. The van der Waals surface area contributed by atoms with Gasteiger partial charge in [0.1, 0.15) is 11.9 Å². The van der Waals surface area contributed by atoms with Gasteiger partial charge in [-0.05, 0) is 83.9 Å². The molecule has 4 aliphatic rings. The van der Waals surface area contributed by atoms with Gasteiger partial charge in [0.15, 0.2) is 22.7 Å². The summed E-state index contributed by atoms with van der Waals surface area (Å²) in [5, 5.41) is 30.4. The normalized spacial score (nSPS) is 20.6. The van der Waals surface area contributed by atoms with Gasteiger partial charge in [0.05, 0.1) is 55.5 Å². The predicted molar refractivity (Wildman–Crippen MR) is 329 cm³/mol. The Morgan fingerprint density at radius 2 is 0.663 bits per heavy atom. The first-order chi connectivity index (χ1) is 39.4. The number of benzene rings is 6. The molecule has 0 saturated heterocycles. The number of hydrogen-bond donors (Lipinski definition) is 10. The zero-order chi connectivity index (χ0) is 53.1. The Morgan fingerprint density at radius 1 is 0.349 bits per heavy atom. The molecule has 12 aromatic rings. The number of fused-ring (bicyclic) bond motifs is 6. The maximum Gasteiger partial charge on any atom is 2.00 e. The molecule has 6 aromatic carbocycles. The average Bonchev–Trinajstić information content (AvgIpc) is 1.57. The zero-order valence-corrected chi connectivity index (χ0v) is 49.3. The Bertz CT molecular complexity index is 3760. The summed E-state index contributed by atoms with van der Waals surface area (Å²) in [6.07, 6.45) is 3.48. The summed E-state index contributed by atoms with van der Waals surface area (Å²) >= 11 is 0. The molecule has 408 valence electrons. The number of nitrogens with one attached hydrogen (secondary N) is 10. The molecule has 0 saturated carbocycles. The van der Waals surface area contributed by atoms with E-state index in [2.05, 4.69) is 71.8 Å². The summed E-state index contributed by atoms with van der Waals surface area (Å²) in [5.74, 6) is 3.83. The van der Waals surface area contributed by atoms with E-state index in [1.807, 2.05) is 194 Å². The van der Waals surface area contributed by atoms with E-state index >= 15 is 0 Å². The Hall–Kier alpha value is -10.2. The van der Waals surface area contributed by atoms with Crippen LogP contribution in [0.4, 0.5) is 23.8 Å². The van der Waals surface area contributed by atoms with Crippen LogP contribution in [0.15, 0.2) is 226 Å². The van der Waals surface area contributed by atoms with E-state index in [0.717, 1.165) is 55.3 Å². The predicted octanol–water partition coefficient (Wildman–Crippen LogP) is 11.6. The van der Waals surface area contributed by atoms with Gasteiger partial charge in [-0.3, -0.25) is 20.6 Å². The van der Waals surface area contributed by atoms with E-state index in [9.17, 15) is 0 Å². The Morgan fingerprint density at radius 3 is 0.988 bits per heavy atom. The smallest absolute Gasteiger partial charge is 0.383 e. The number of hydrogen-bond acceptors (Lipinski definition) is 16. The summed E-state index contributed by atoms with van der Waals surface area (Å²) in [6, 6.07) is 62.6. The third kappa shape index (κ3) is 9.13. The standard InChI is InChI=1S/2C29H22N11.CH4.2Zn.6H2/c2*1-2-10-18(11-3-1)28-29(23-16-8-9-17-30-23,39-26(37-28)35-24-31-19-12-4-5-13-20(19)32-24)40-27(38-28)36-25-33-21-14-6-7-15-22(21)34-25;;;;;;;;;/h2*1-17H,(H5-,31,32,33,34,35,36,37,38,39,40);1H4;;;6*1H/q2*-1;;2*+2;;;;;;/t2*28-,29+;;;;;;;;;. The molecule has 0 fully saturated rings. The quantitative estimate of drug-likeness (QED) is 0.0636. The van der Waals surface area contributed by atoms with Crippen LogP contribution in [0.5, 0.6) is 0 Å². The molecule has 4 aliphatic heterocycles. The largest absolute Gasteiger partial charge is 2.00 e. The maximum atomic E-state index is 5.14. The molecule has 0 unspecified atom stereocenters. The van der Waals surface area contributed by atoms with Crippen molar-refractivity contribution in [1.82, 2.24) is 60.5 Å². The van der Waals surface area contributed by atoms with Gasteiger partial charge in [0.25, 0.3) is 0 Å². The maximum absolute atomic E-state index is 5.14. The Labute approximate surface area is 508 Å².